The quantitative estimate of drug-likeness (QED) is 0.768. The Morgan fingerprint density at radius 3 is 2.40 bits per heavy atom. The second kappa shape index (κ2) is 6.24. The molecule has 1 aliphatic rings. The number of Topliss-reactive ketones (excluding diaryl/α,β-unsaturated/α-hetero) is 1. The van der Waals surface area contributed by atoms with Crippen molar-refractivity contribution < 1.29 is 23.1 Å². The van der Waals surface area contributed by atoms with Gasteiger partial charge in [0.25, 0.3) is 0 Å². The van der Waals surface area contributed by atoms with E-state index in [9.17, 15) is 23.1 Å². The second-order valence-electron chi connectivity index (χ2n) is 5.64. The van der Waals surface area contributed by atoms with E-state index >= 15 is 0 Å². The molecule has 2 aromatic rings. The van der Waals surface area contributed by atoms with Gasteiger partial charge in [0.05, 0.1) is 5.57 Å². The molecule has 1 heterocycles. The SMILES string of the molecule is Cc1ccc(N/C=C2\C(=O)c3ccccc3SC2(O)C(F)(F)F)cc1. The van der Waals surface area contributed by atoms with Crippen LogP contribution in [0.3, 0.4) is 0 Å². The molecule has 3 nitrogen and oxygen atoms in total. The van der Waals surface area contributed by atoms with Crippen molar-refractivity contribution >= 4 is 23.2 Å². The van der Waals surface area contributed by atoms with Gasteiger partial charge in [0.15, 0.2) is 5.78 Å². The summed E-state index contributed by atoms with van der Waals surface area (Å²) in [6, 6.07) is 12.8. The van der Waals surface area contributed by atoms with Gasteiger partial charge >= 0.3 is 6.18 Å². The first-order valence-corrected chi connectivity index (χ1v) is 8.20. The van der Waals surface area contributed by atoms with Crippen LogP contribution in [-0.4, -0.2) is 22.0 Å². The molecule has 7 heteroatoms. The smallest absolute Gasteiger partial charge is 0.367 e. The van der Waals surface area contributed by atoms with Crippen molar-refractivity contribution in [2.45, 2.75) is 22.9 Å². The highest BCUT2D eigenvalue weighted by Gasteiger charge is 2.61. The summed E-state index contributed by atoms with van der Waals surface area (Å²) < 4.78 is 40.6. The topological polar surface area (TPSA) is 49.3 Å². The number of rotatable bonds is 2. The number of fused-ring (bicyclic) bond motifs is 1. The van der Waals surface area contributed by atoms with Crippen LogP contribution in [0.4, 0.5) is 18.9 Å². The average molecular weight is 365 g/mol. The van der Waals surface area contributed by atoms with Crippen molar-refractivity contribution in [1.82, 2.24) is 0 Å². The Labute approximate surface area is 146 Å². The molecule has 0 aliphatic carbocycles. The van der Waals surface area contributed by atoms with E-state index in [0.717, 1.165) is 11.8 Å². The van der Waals surface area contributed by atoms with Gasteiger partial charge in [-0.2, -0.15) is 13.2 Å². The molecule has 3 rings (SSSR count). The van der Waals surface area contributed by atoms with Gasteiger partial charge in [-0.3, -0.25) is 4.79 Å². The van der Waals surface area contributed by atoms with Gasteiger partial charge in [0.2, 0.25) is 4.93 Å². The number of carbonyl (C=O) groups is 1. The molecule has 0 spiro atoms. The highest BCUT2D eigenvalue weighted by Crippen LogP contribution is 2.52. The number of benzene rings is 2. The van der Waals surface area contributed by atoms with Gasteiger partial charge in [-0.25, -0.2) is 0 Å². The Balaban J connectivity index is 2.05. The fraction of sp³-hybridized carbons (Fsp3) is 0.167. The van der Waals surface area contributed by atoms with E-state index < -0.39 is 22.5 Å². The number of thioether (sulfide) groups is 1. The minimum Gasteiger partial charge on any atom is -0.367 e. The number of ketones is 1. The van der Waals surface area contributed by atoms with Gasteiger partial charge in [0.1, 0.15) is 0 Å². The third kappa shape index (κ3) is 3.17. The van der Waals surface area contributed by atoms with E-state index in [4.69, 9.17) is 0 Å². The third-order valence-electron chi connectivity index (χ3n) is 3.82. The molecule has 0 amide bonds. The summed E-state index contributed by atoms with van der Waals surface area (Å²) >= 11 is 0.217. The van der Waals surface area contributed by atoms with E-state index in [0.29, 0.717) is 5.69 Å². The Hall–Kier alpha value is -2.25. The van der Waals surface area contributed by atoms with E-state index in [1.807, 2.05) is 6.92 Å². The minimum absolute atomic E-state index is 0.0970. The summed E-state index contributed by atoms with van der Waals surface area (Å²) in [6.45, 7) is 1.88. The predicted octanol–water partition coefficient (Wildman–Crippen LogP) is 4.53. The fourth-order valence-electron chi connectivity index (χ4n) is 2.44. The first kappa shape index (κ1) is 17.6. The molecular weight excluding hydrogens is 351 g/mol. The largest absolute Gasteiger partial charge is 0.431 e. The second-order valence-corrected chi connectivity index (χ2v) is 6.87. The fourth-order valence-corrected chi connectivity index (χ4v) is 3.55. The van der Waals surface area contributed by atoms with Crippen LogP contribution in [0.15, 0.2) is 65.2 Å². The lowest BCUT2D eigenvalue weighted by atomic mass is 9.97. The summed E-state index contributed by atoms with van der Waals surface area (Å²) in [5, 5.41) is 13.0. The minimum atomic E-state index is -5.01. The number of hydrogen-bond acceptors (Lipinski definition) is 4. The van der Waals surface area contributed by atoms with Crippen molar-refractivity contribution in [3.05, 3.63) is 71.4 Å². The van der Waals surface area contributed by atoms with Crippen LogP contribution in [0, 0.1) is 6.92 Å². The lowest BCUT2D eigenvalue weighted by Crippen LogP contribution is -2.48. The predicted molar refractivity (Wildman–Crippen MR) is 90.5 cm³/mol. The summed E-state index contributed by atoms with van der Waals surface area (Å²) in [5.41, 5.74) is 0.894. The molecule has 0 radical (unpaired) electrons. The zero-order chi connectivity index (χ0) is 18.2. The molecule has 0 saturated heterocycles. The van der Waals surface area contributed by atoms with Gasteiger partial charge < -0.3 is 10.4 Å². The lowest BCUT2D eigenvalue weighted by molar-refractivity contribution is -0.205. The van der Waals surface area contributed by atoms with Gasteiger partial charge in [-0.05, 0) is 31.2 Å². The summed E-state index contributed by atoms with van der Waals surface area (Å²) in [5.74, 6) is -0.853. The molecule has 1 atom stereocenters. The molecule has 2 N–H and O–H groups in total. The number of nitrogens with one attached hydrogen (secondary N) is 1. The summed E-state index contributed by atoms with van der Waals surface area (Å²) in [4.78, 5) is 9.36. The summed E-state index contributed by atoms with van der Waals surface area (Å²) in [6.07, 6.45) is -4.08. The third-order valence-corrected chi connectivity index (χ3v) is 5.14. The first-order chi connectivity index (χ1) is 11.7. The number of hydrogen-bond donors (Lipinski definition) is 2. The zero-order valence-electron chi connectivity index (χ0n) is 13.1. The van der Waals surface area contributed by atoms with Crippen LogP contribution in [0.5, 0.6) is 0 Å². The molecule has 130 valence electrons. The Morgan fingerprint density at radius 1 is 1.12 bits per heavy atom. The maximum atomic E-state index is 13.5. The Kier molecular flexibility index (Phi) is 4.38. The van der Waals surface area contributed by atoms with Crippen molar-refractivity contribution in [1.29, 1.82) is 0 Å². The van der Waals surface area contributed by atoms with Gasteiger partial charge in [-0.1, -0.05) is 41.6 Å². The molecule has 25 heavy (non-hydrogen) atoms. The first-order valence-electron chi connectivity index (χ1n) is 7.38. The highest BCUT2D eigenvalue weighted by atomic mass is 32.2. The molecule has 0 bridgehead atoms. The molecule has 1 unspecified atom stereocenters. The molecule has 0 aromatic heterocycles. The maximum absolute atomic E-state index is 13.5. The molecule has 2 aromatic carbocycles. The Bertz CT molecular complexity index is 846. The maximum Gasteiger partial charge on any atom is 0.431 e. The summed E-state index contributed by atoms with van der Waals surface area (Å²) in [7, 11) is 0. The van der Waals surface area contributed by atoms with Crippen LogP contribution >= 0.6 is 11.8 Å². The number of alkyl halides is 3. The van der Waals surface area contributed by atoms with Gasteiger partial charge in [0, 0.05) is 22.3 Å². The molecular formula is C18H14F3NO2S. The van der Waals surface area contributed by atoms with Crippen LogP contribution < -0.4 is 5.32 Å². The molecule has 0 saturated carbocycles. The van der Waals surface area contributed by atoms with Crippen LogP contribution in [0.1, 0.15) is 15.9 Å². The number of anilines is 1. The number of carbonyl (C=O) groups excluding carboxylic acids is 1. The van der Waals surface area contributed by atoms with E-state index in [1.54, 1.807) is 30.3 Å². The monoisotopic (exact) mass is 365 g/mol. The van der Waals surface area contributed by atoms with Crippen LogP contribution in [0.25, 0.3) is 0 Å². The number of aryl methyl sites for hydroxylation is 1. The standard InChI is InChI=1S/C18H14F3NO2S/c1-11-6-8-12(9-7-11)22-10-14-16(23)13-4-2-3-5-15(13)25-17(14,24)18(19,20)21/h2-10,22,24H,1H3/b14-10+. The van der Waals surface area contributed by atoms with Crippen molar-refractivity contribution in [2.24, 2.45) is 0 Å². The van der Waals surface area contributed by atoms with Crippen molar-refractivity contribution in [3.8, 4) is 0 Å². The lowest BCUT2D eigenvalue weighted by Gasteiger charge is -2.35. The van der Waals surface area contributed by atoms with Crippen molar-refractivity contribution in [3.63, 3.8) is 0 Å². The highest BCUT2D eigenvalue weighted by molar-refractivity contribution is 8.01. The van der Waals surface area contributed by atoms with E-state index in [2.05, 4.69) is 5.32 Å². The molecule has 1 aliphatic heterocycles. The van der Waals surface area contributed by atoms with Crippen LogP contribution in [-0.2, 0) is 0 Å². The zero-order valence-corrected chi connectivity index (χ0v) is 13.9. The van der Waals surface area contributed by atoms with Crippen molar-refractivity contribution in [2.75, 3.05) is 5.32 Å². The average Bonchev–Trinajstić information content (AvgIpc) is 2.55. The Morgan fingerprint density at radius 2 is 1.76 bits per heavy atom. The van der Waals surface area contributed by atoms with E-state index in [-0.39, 0.29) is 22.2 Å². The molecule has 0 fully saturated rings. The number of halogens is 3. The van der Waals surface area contributed by atoms with Gasteiger partial charge in [-0.15, -0.1) is 0 Å². The van der Waals surface area contributed by atoms with Crippen LogP contribution in [0.2, 0.25) is 0 Å². The van der Waals surface area contributed by atoms with E-state index in [1.165, 1.54) is 18.2 Å². The number of aliphatic hydroxyl groups is 1. The normalized spacial score (nSPS) is 22.0.